The highest BCUT2D eigenvalue weighted by Crippen LogP contribution is 2.28. The molecule has 2 aromatic rings. The Morgan fingerprint density at radius 1 is 1.17 bits per heavy atom. The Bertz CT molecular complexity index is 706. The van der Waals surface area contributed by atoms with Crippen LogP contribution in [-0.2, 0) is 4.79 Å². The van der Waals surface area contributed by atoms with Crippen molar-refractivity contribution >= 4 is 17.7 Å². The first kappa shape index (κ1) is 16.1. The monoisotopic (exact) mass is 330 g/mol. The van der Waals surface area contributed by atoms with Gasteiger partial charge in [0, 0.05) is 13.1 Å². The number of rotatable bonds is 4. The van der Waals surface area contributed by atoms with Crippen LogP contribution < -0.4 is 0 Å². The Morgan fingerprint density at radius 2 is 1.87 bits per heavy atom. The number of carbonyl (C=O) groups excluding carboxylic acids is 1. The molecule has 6 heteroatoms. The zero-order chi connectivity index (χ0) is 16.4. The van der Waals surface area contributed by atoms with Gasteiger partial charge < -0.3 is 4.90 Å². The SMILES string of the molecule is Cc1ccccc1-n1c(C)nnc1S[C@@H](C)C(=O)N1CCCC1. The third kappa shape index (κ3) is 3.27. The fraction of sp³-hybridized carbons (Fsp3) is 0.471. The molecule has 2 heterocycles. The summed E-state index contributed by atoms with van der Waals surface area (Å²) in [6.45, 7) is 7.73. The number of likely N-dealkylation sites (tertiary alicyclic amines) is 1. The van der Waals surface area contributed by atoms with Crippen LogP contribution in [0.25, 0.3) is 5.69 Å². The number of para-hydroxylation sites is 1. The molecule has 0 saturated carbocycles. The highest BCUT2D eigenvalue weighted by Gasteiger charge is 2.26. The van der Waals surface area contributed by atoms with E-state index in [0.29, 0.717) is 0 Å². The maximum atomic E-state index is 12.5. The van der Waals surface area contributed by atoms with Crippen molar-refractivity contribution in [2.45, 2.75) is 44.0 Å². The average molecular weight is 330 g/mol. The lowest BCUT2D eigenvalue weighted by Gasteiger charge is -2.20. The van der Waals surface area contributed by atoms with Gasteiger partial charge in [0.25, 0.3) is 0 Å². The number of aromatic nitrogens is 3. The molecule has 1 atom stereocenters. The molecular formula is C17H22N4OS. The molecule has 5 nitrogen and oxygen atoms in total. The van der Waals surface area contributed by atoms with E-state index in [1.807, 2.05) is 35.4 Å². The molecule has 0 bridgehead atoms. The molecule has 3 rings (SSSR count). The fourth-order valence-electron chi connectivity index (χ4n) is 2.91. The third-order valence-electron chi connectivity index (χ3n) is 4.20. The quantitative estimate of drug-likeness (QED) is 0.809. The summed E-state index contributed by atoms with van der Waals surface area (Å²) in [7, 11) is 0. The number of benzene rings is 1. The number of hydrogen-bond donors (Lipinski definition) is 0. The minimum absolute atomic E-state index is 0.153. The zero-order valence-corrected chi connectivity index (χ0v) is 14.6. The number of amides is 1. The molecule has 1 aliphatic rings. The van der Waals surface area contributed by atoms with Crippen molar-refractivity contribution in [2.75, 3.05) is 13.1 Å². The van der Waals surface area contributed by atoms with E-state index in [1.165, 1.54) is 11.8 Å². The highest BCUT2D eigenvalue weighted by atomic mass is 32.2. The van der Waals surface area contributed by atoms with E-state index in [9.17, 15) is 4.79 Å². The summed E-state index contributed by atoms with van der Waals surface area (Å²) >= 11 is 1.49. The van der Waals surface area contributed by atoms with Gasteiger partial charge in [-0.15, -0.1) is 10.2 Å². The van der Waals surface area contributed by atoms with Gasteiger partial charge in [0.1, 0.15) is 5.82 Å². The first-order chi connectivity index (χ1) is 11.1. The smallest absolute Gasteiger partial charge is 0.235 e. The van der Waals surface area contributed by atoms with Gasteiger partial charge in [-0.1, -0.05) is 30.0 Å². The third-order valence-corrected chi connectivity index (χ3v) is 5.23. The van der Waals surface area contributed by atoms with Gasteiger partial charge in [0.2, 0.25) is 5.91 Å². The molecule has 1 aromatic carbocycles. The van der Waals surface area contributed by atoms with Crippen molar-refractivity contribution in [1.82, 2.24) is 19.7 Å². The lowest BCUT2D eigenvalue weighted by atomic mass is 10.2. The van der Waals surface area contributed by atoms with Gasteiger partial charge in [-0.05, 0) is 45.2 Å². The second-order valence-corrected chi connectivity index (χ2v) is 7.25. The molecule has 0 spiro atoms. The maximum Gasteiger partial charge on any atom is 0.235 e. The molecule has 122 valence electrons. The van der Waals surface area contributed by atoms with E-state index in [4.69, 9.17) is 0 Å². The van der Waals surface area contributed by atoms with Crippen LogP contribution in [0.3, 0.4) is 0 Å². The topological polar surface area (TPSA) is 51.0 Å². The first-order valence-electron chi connectivity index (χ1n) is 8.01. The normalized spacial score (nSPS) is 15.9. The van der Waals surface area contributed by atoms with E-state index in [0.717, 1.165) is 48.2 Å². The van der Waals surface area contributed by atoms with Gasteiger partial charge >= 0.3 is 0 Å². The molecule has 1 saturated heterocycles. The summed E-state index contributed by atoms with van der Waals surface area (Å²) in [5.74, 6) is 1.03. The number of carbonyl (C=O) groups is 1. The first-order valence-corrected chi connectivity index (χ1v) is 8.89. The van der Waals surface area contributed by atoms with Crippen LogP contribution in [0.4, 0.5) is 0 Å². The molecule has 1 amide bonds. The van der Waals surface area contributed by atoms with E-state index in [2.05, 4.69) is 29.3 Å². The van der Waals surface area contributed by atoms with Crippen LogP contribution in [0, 0.1) is 13.8 Å². The van der Waals surface area contributed by atoms with Crippen molar-refractivity contribution in [3.05, 3.63) is 35.7 Å². The van der Waals surface area contributed by atoms with Crippen molar-refractivity contribution in [3.63, 3.8) is 0 Å². The number of thioether (sulfide) groups is 1. The lowest BCUT2D eigenvalue weighted by molar-refractivity contribution is -0.129. The van der Waals surface area contributed by atoms with E-state index in [-0.39, 0.29) is 11.2 Å². The number of nitrogens with zero attached hydrogens (tertiary/aromatic N) is 4. The Balaban J connectivity index is 1.84. The van der Waals surface area contributed by atoms with Gasteiger partial charge in [0.05, 0.1) is 10.9 Å². The zero-order valence-electron chi connectivity index (χ0n) is 13.8. The van der Waals surface area contributed by atoms with Gasteiger partial charge in [-0.3, -0.25) is 9.36 Å². The summed E-state index contributed by atoms with van der Waals surface area (Å²) in [5.41, 5.74) is 2.23. The standard InChI is InChI=1S/C17H22N4OS/c1-12-8-4-5-9-15(12)21-14(3)18-19-17(21)23-13(2)16(22)20-10-6-7-11-20/h4-5,8-9,13H,6-7,10-11H2,1-3H3/t13-/m0/s1. The molecule has 0 radical (unpaired) electrons. The predicted molar refractivity (Wildman–Crippen MR) is 92.0 cm³/mol. The van der Waals surface area contributed by atoms with Crippen LogP contribution in [0.15, 0.2) is 29.4 Å². The molecule has 0 aliphatic carbocycles. The summed E-state index contributed by atoms with van der Waals surface area (Å²) < 4.78 is 2.04. The fourth-order valence-corrected chi connectivity index (χ4v) is 3.90. The van der Waals surface area contributed by atoms with Crippen molar-refractivity contribution < 1.29 is 4.79 Å². The molecular weight excluding hydrogens is 308 g/mol. The van der Waals surface area contributed by atoms with Crippen LogP contribution in [0.1, 0.15) is 31.2 Å². The Labute approximate surface area is 141 Å². The molecule has 1 aromatic heterocycles. The van der Waals surface area contributed by atoms with Crippen LogP contribution >= 0.6 is 11.8 Å². The summed E-state index contributed by atoms with van der Waals surface area (Å²) in [5, 5.41) is 9.12. The lowest BCUT2D eigenvalue weighted by Crippen LogP contribution is -2.34. The van der Waals surface area contributed by atoms with Gasteiger partial charge in [-0.25, -0.2) is 0 Å². The number of aryl methyl sites for hydroxylation is 2. The summed E-state index contributed by atoms with van der Waals surface area (Å²) in [6.07, 6.45) is 2.23. The molecule has 0 N–H and O–H groups in total. The van der Waals surface area contributed by atoms with E-state index >= 15 is 0 Å². The van der Waals surface area contributed by atoms with Crippen molar-refractivity contribution in [1.29, 1.82) is 0 Å². The molecule has 1 fully saturated rings. The molecule has 23 heavy (non-hydrogen) atoms. The Kier molecular flexibility index (Phi) is 4.71. The van der Waals surface area contributed by atoms with E-state index in [1.54, 1.807) is 0 Å². The van der Waals surface area contributed by atoms with Gasteiger partial charge in [-0.2, -0.15) is 0 Å². The average Bonchev–Trinajstić information content (AvgIpc) is 3.18. The van der Waals surface area contributed by atoms with Crippen LogP contribution in [-0.4, -0.2) is 43.9 Å². The summed E-state index contributed by atoms with van der Waals surface area (Å²) in [6, 6.07) is 8.16. The second kappa shape index (κ2) is 6.74. The van der Waals surface area contributed by atoms with Gasteiger partial charge in [0.15, 0.2) is 5.16 Å². The maximum absolute atomic E-state index is 12.5. The van der Waals surface area contributed by atoms with Crippen molar-refractivity contribution in [3.8, 4) is 5.69 Å². The molecule has 1 aliphatic heterocycles. The largest absolute Gasteiger partial charge is 0.342 e. The van der Waals surface area contributed by atoms with Crippen LogP contribution in [0.2, 0.25) is 0 Å². The summed E-state index contributed by atoms with van der Waals surface area (Å²) in [4.78, 5) is 14.5. The minimum Gasteiger partial charge on any atom is -0.342 e. The highest BCUT2D eigenvalue weighted by molar-refractivity contribution is 8.00. The number of hydrogen-bond acceptors (Lipinski definition) is 4. The second-order valence-electron chi connectivity index (χ2n) is 5.94. The predicted octanol–water partition coefficient (Wildman–Crippen LogP) is 2.99. The van der Waals surface area contributed by atoms with Crippen molar-refractivity contribution in [2.24, 2.45) is 0 Å². The minimum atomic E-state index is -0.153. The Hall–Kier alpha value is -1.82. The Morgan fingerprint density at radius 3 is 2.57 bits per heavy atom. The van der Waals surface area contributed by atoms with Crippen LogP contribution in [0.5, 0.6) is 0 Å². The van der Waals surface area contributed by atoms with E-state index < -0.39 is 0 Å². The molecule has 0 unspecified atom stereocenters.